The van der Waals surface area contributed by atoms with Gasteiger partial charge in [0.05, 0.1) is 16.9 Å². The summed E-state index contributed by atoms with van der Waals surface area (Å²) < 4.78 is 25.6. The third kappa shape index (κ3) is 5.27. The Kier molecular flexibility index (Phi) is 6.18. The van der Waals surface area contributed by atoms with Crippen molar-refractivity contribution in [3.8, 4) is 0 Å². The van der Waals surface area contributed by atoms with Gasteiger partial charge in [-0.25, -0.2) is 13.1 Å². The molecule has 0 heterocycles. The quantitative estimate of drug-likeness (QED) is 0.642. The van der Waals surface area contributed by atoms with E-state index in [1.807, 2.05) is 0 Å². The molecule has 3 N–H and O–H groups in total. The number of benzene rings is 1. The number of carbonyl (C=O) groups is 2. The monoisotopic (exact) mass is 368 g/mol. The van der Waals surface area contributed by atoms with E-state index in [0.717, 1.165) is 18.4 Å². The van der Waals surface area contributed by atoms with Gasteiger partial charge in [0.25, 0.3) is 0 Å². The highest BCUT2D eigenvalue weighted by Gasteiger charge is 2.37. The van der Waals surface area contributed by atoms with Gasteiger partial charge >= 0.3 is 5.97 Å². The van der Waals surface area contributed by atoms with Gasteiger partial charge in [0, 0.05) is 6.42 Å². The van der Waals surface area contributed by atoms with Crippen molar-refractivity contribution < 1.29 is 23.1 Å². The molecule has 1 aliphatic carbocycles. The van der Waals surface area contributed by atoms with E-state index in [0.29, 0.717) is 19.3 Å². The van der Waals surface area contributed by atoms with Gasteiger partial charge in [-0.15, -0.1) is 0 Å². The van der Waals surface area contributed by atoms with E-state index in [2.05, 4.69) is 10.0 Å². The van der Waals surface area contributed by atoms with Crippen LogP contribution < -0.4 is 10.0 Å². The minimum atomic E-state index is -3.47. The van der Waals surface area contributed by atoms with E-state index >= 15 is 0 Å². The van der Waals surface area contributed by atoms with E-state index < -0.39 is 21.5 Å². The van der Waals surface area contributed by atoms with Crippen molar-refractivity contribution in [2.24, 2.45) is 0 Å². The first-order valence-electron chi connectivity index (χ1n) is 8.32. The van der Waals surface area contributed by atoms with Crippen molar-refractivity contribution >= 4 is 21.9 Å². The summed E-state index contributed by atoms with van der Waals surface area (Å²) in [5.74, 6) is -1.07. The second kappa shape index (κ2) is 7.97. The maximum Gasteiger partial charge on any atom is 0.305 e. The average molecular weight is 368 g/mol. The molecular formula is C17H24N2O5S. The highest BCUT2D eigenvalue weighted by molar-refractivity contribution is 7.89. The number of aryl methyl sites for hydroxylation is 1. The molecule has 1 fully saturated rings. The van der Waals surface area contributed by atoms with Crippen LogP contribution in [0, 0.1) is 0 Å². The largest absolute Gasteiger partial charge is 0.481 e. The molecule has 2 rings (SSSR count). The molecule has 8 heteroatoms. The lowest BCUT2D eigenvalue weighted by molar-refractivity contribution is -0.139. The first kappa shape index (κ1) is 19.4. The van der Waals surface area contributed by atoms with Gasteiger partial charge in [0.2, 0.25) is 15.9 Å². The Labute approximate surface area is 147 Å². The fourth-order valence-electron chi connectivity index (χ4n) is 3.26. The molecular weight excluding hydrogens is 344 g/mol. The Morgan fingerprint density at radius 3 is 2.28 bits per heavy atom. The van der Waals surface area contributed by atoms with E-state index in [4.69, 9.17) is 5.11 Å². The van der Waals surface area contributed by atoms with Gasteiger partial charge in [0.1, 0.15) is 0 Å². The summed E-state index contributed by atoms with van der Waals surface area (Å²) >= 11 is 0. The first-order valence-corrected chi connectivity index (χ1v) is 9.80. The molecule has 138 valence electrons. The number of amides is 1. The fraction of sp³-hybridized carbons (Fsp3) is 0.529. The first-order chi connectivity index (χ1) is 11.8. The van der Waals surface area contributed by atoms with Gasteiger partial charge in [-0.1, -0.05) is 25.0 Å². The molecule has 0 bridgehead atoms. The summed E-state index contributed by atoms with van der Waals surface area (Å²) in [4.78, 5) is 23.5. The van der Waals surface area contributed by atoms with Crippen LogP contribution in [0.5, 0.6) is 0 Å². The molecule has 1 amide bonds. The van der Waals surface area contributed by atoms with E-state index in [1.165, 1.54) is 19.2 Å². The van der Waals surface area contributed by atoms with Crippen molar-refractivity contribution in [2.45, 2.75) is 55.4 Å². The van der Waals surface area contributed by atoms with E-state index in [1.54, 1.807) is 12.1 Å². The second-order valence-corrected chi connectivity index (χ2v) is 8.34. The molecule has 25 heavy (non-hydrogen) atoms. The molecule has 0 saturated heterocycles. The molecule has 0 aliphatic heterocycles. The second-order valence-electron chi connectivity index (χ2n) is 6.46. The van der Waals surface area contributed by atoms with E-state index in [9.17, 15) is 18.0 Å². The predicted octanol–water partition coefficient (Wildman–Crippen LogP) is 1.43. The lowest BCUT2D eigenvalue weighted by Crippen LogP contribution is -2.47. The predicted molar refractivity (Wildman–Crippen MR) is 92.6 cm³/mol. The number of sulfonamides is 1. The Balaban J connectivity index is 1.92. The Morgan fingerprint density at radius 2 is 1.76 bits per heavy atom. The lowest BCUT2D eigenvalue weighted by Gasteiger charge is -2.28. The van der Waals surface area contributed by atoms with Crippen LogP contribution in [0.1, 0.15) is 44.1 Å². The molecule has 0 unspecified atom stereocenters. The minimum absolute atomic E-state index is 0.0463. The van der Waals surface area contributed by atoms with Gasteiger partial charge in [-0.05, 0) is 44.0 Å². The maximum atomic E-state index is 12.2. The summed E-state index contributed by atoms with van der Waals surface area (Å²) in [6.07, 6.45) is 3.90. The van der Waals surface area contributed by atoms with Crippen LogP contribution >= 0.6 is 0 Å². The van der Waals surface area contributed by atoms with Crippen LogP contribution in [0.25, 0.3) is 0 Å². The number of carboxylic acids is 1. The molecule has 0 spiro atoms. The minimum Gasteiger partial charge on any atom is -0.481 e. The highest BCUT2D eigenvalue weighted by atomic mass is 32.2. The van der Waals surface area contributed by atoms with Crippen molar-refractivity contribution in [3.05, 3.63) is 29.8 Å². The normalized spacial score (nSPS) is 16.5. The number of hydrogen-bond acceptors (Lipinski definition) is 4. The van der Waals surface area contributed by atoms with Crippen molar-refractivity contribution in [1.29, 1.82) is 0 Å². The molecule has 1 saturated carbocycles. The summed E-state index contributed by atoms with van der Waals surface area (Å²) in [6, 6.07) is 6.37. The number of carbonyl (C=O) groups excluding carboxylic acids is 1. The molecule has 7 nitrogen and oxygen atoms in total. The zero-order chi connectivity index (χ0) is 18.5. The molecule has 1 aliphatic rings. The van der Waals surface area contributed by atoms with Gasteiger partial charge in [-0.3, -0.25) is 9.59 Å². The molecule has 0 radical (unpaired) electrons. The summed E-state index contributed by atoms with van der Waals surface area (Å²) in [6.45, 7) is 0. The van der Waals surface area contributed by atoms with Crippen LogP contribution in [-0.4, -0.2) is 38.0 Å². The number of nitrogens with one attached hydrogen (secondary N) is 2. The standard InChI is InChI=1S/C17H24N2O5S/c1-18-25(23,24)14-7-4-13(5-8-14)6-9-15(20)19-17(12-16(21)22)10-2-3-11-17/h4-5,7-8,18H,2-3,6,9-12H2,1H3,(H,19,20)(H,21,22). The summed E-state index contributed by atoms with van der Waals surface area (Å²) in [5, 5.41) is 12.0. The number of carboxylic acid groups (broad SMARTS) is 1. The zero-order valence-corrected chi connectivity index (χ0v) is 15.1. The average Bonchev–Trinajstić information content (AvgIpc) is 3.00. The number of rotatable bonds is 8. The van der Waals surface area contributed by atoms with Gasteiger partial charge in [-0.2, -0.15) is 0 Å². The van der Waals surface area contributed by atoms with Gasteiger partial charge < -0.3 is 10.4 Å². The fourth-order valence-corrected chi connectivity index (χ4v) is 3.99. The zero-order valence-electron chi connectivity index (χ0n) is 14.2. The third-order valence-electron chi connectivity index (χ3n) is 4.60. The van der Waals surface area contributed by atoms with Crippen molar-refractivity contribution in [1.82, 2.24) is 10.0 Å². The topological polar surface area (TPSA) is 113 Å². The SMILES string of the molecule is CNS(=O)(=O)c1ccc(CCC(=O)NC2(CC(=O)O)CCCC2)cc1. The van der Waals surface area contributed by atoms with E-state index in [-0.39, 0.29) is 23.6 Å². The van der Waals surface area contributed by atoms with Crippen LogP contribution in [0.15, 0.2) is 29.2 Å². The Morgan fingerprint density at radius 1 is 1.16 bits per heavy atom. The molecule has 0 aromatic heterocycles. The maximum absolute atomic E-state index is 12.2. The van der Waals surface area contributed by atoms with Crippen molar-refractivity contribution in [3.63, 3.8) is 0 Å². The van der Waals surface area contributed by atoms with Crippen LogP contribution in [0.4, 0.5) is 0 Å². The summed E-state index contributed by atoms with van der Waals surface area (Å²) in [7, 11) is -2.12. The number of hydrogen-bond donors (Lipinski definition) is 3. The van der Waals surface area contributed by atoms with Crippen molar-refractivity contribution in [2.75, 3.05) is 7.05 Å². The molecule has 0 atom stereocenters. The third-order valence-corrected chi connectivity index (χ3v) is 6.03. The molecule has 1 aromatic carbocycles. The van der Waals surface area contributed by atoms with Crippen LogP contribution in [0.3, 0.4) is 0 Å². The molecule has 1 aromatic rings. The van der Waals surface area contributed by atoms with Gasteiger partial charge in [0.15, 0.2) is 0 Å². The Hall–Kier alpha value is -1.93. The summed E-state index contributed by atoms with van der Waals surface area (Å²) in [5.41, 5.74) is 0.233. The van der Waals surface area contributed by atoms with Crippen LogP contribution in [0.2, 0.25) is 0 Å². The lowest BCUT2D eigenvalue weighted by atomic mass is 9.93. The van der Waals surface area contributed by atoms with Crippen LogP contribution in [-0.2, 0) is 26.0 Å². The Bertz CT molecular complexity index is 722. The smallest absolute Gasteiger partial charge is 0.305 e. The number of aliphatic carboxylic acids is 1. The highest BCUT2D eigenvalue weighted by Crippen LogP contribution is 2.32.